The molecule has 0 N–H and O–H groups in total. The number of benzene rings is 1. The number of carbonyl (C=O) groups is 3. The molecule has 2 rings (SSSR count). The lowest BCUT2D eigenvalue weighted by Crippen LogP contribution is -2.36. The zero-order chi connectivity index (χ0) is 15.2. The Morgan fingerprint density at radius 1 is 1.29 bits per heavy atom. The van der Waals surface area contributed by atoms with E-state index in [1.807, 2.05) is 6.07 Å². The summed E-state index contributed by atoms with van der Waals surface area (Å²) in [5.41, 5.74) is 0.494. The highest BCUT2D eigenvalue weighted by Crippen LogP contribution is 2.31. The molecule has 1 aromatic rings. The fourth-order valence-corrected chi connectivity index (χ4v) is 2.87. The van der Waals surface area contributed by atoms with E-state index >= 15 is 0 Å². The molecule has 1 saturated carbocycles. The van der Waals surface area contributed by atoms with Gasteiger partial charge in [-0.05, 0) is 25.7 Å². The summed E-state index contributed by atoms with van der Waals surface area (Å²) in [4.78, 5) is 36.5. The number of ketones is 2. The van der Waals surface area contributed by atoms with E-state index in [0.29, 0.717) is 24.8 Å². The van der Waals surface area contributed by atoms with Gasteiger partial charge in [-0.25, -0.2) is 0 Å². The van der Waals surface area contributed by atoms with Crippen LogP contribution in [0.15, 0.2) is 30.3 Å². The molecule has 1 aromatic carbocycles. The number of Topliss-reactive ketones (excluding diaryl/α,β-unsaturated/α-hetero) is 2. The van der Waals surface area contributed by atoms with Crippen molar-refractivity contribution in [3.8, 4) is 0 Å². The molecular weight excluding hydrogens is 268 g/mol. The number of rotatable bonds is 5. The van der Waals surface area contributed by atoms with Gasteiger partial charge in [-0.15, -0.1) is 0 Å². The van der Waals surface area contributed by atoms with Crippen LogP contribution in [0.1, 0.15) is 43.0 Å². The Balaban J connectivity index is 2.25. The number of carbonyl (C=O) groups excluding carboxylic acids is 3. The summed E-state index contributed by atoms with van der Waals surface area (Å²) in [7, 11) is 0. The minimum Gasteiger partial charge on any atom is -0.465 e. The zero-order valence-electron chi connectivity index (χ0n) is 12.2. The second-order valence-corrected chi connectivity index (χ2v) is 5.36. The largest absolute Gasteiger partial charge is 0.465 e. The minimum atomic E-state index is -0.864. The van der Waals surface area contributed by atoms with E-state index in [9.17, 15) is 14.4 Å². The smallest absolute Gasteiger partial charge is 0.317 e. The van der Waals surface area contributed by atoms with Crippen LogP contribution in [0.2, 0.25) is 0 Å². The normalized spacial score (nSPS) is 19.9. The van der Waals surface area contributed by atoms with Crippen molar-refractivity contribution in [2.75, 3.05) is 6.61 Å². The third kappa shape index (κ3) is 3.78. The van der Waals surface area contributed by atoms with Crippen molar-refractivity contribution < 1.29 is 19.1 Å². The molecule has 0 aliphatic heterocycles. The monoisotopic (exact) mass is 288 g/mol. The molecule has 0 heterocycles. The molecule has 0 radical (unpaired) electrons. The third-order valence-corrected chi connectivity index (χ3v) is 3.87. The van der Waals surface area contributed by atoms with Crippen molar-refractivity contribution >= 4 is 17.5 Å². The van der Waals surface area contributed by atoms with E-state index in [-0.39, 0.29) is 24.1 Å². The Labute approximate surface area is 124 Å². The van der Waals surface area contributed by atoms with Gasteiger partial charge in [0.25, 0.3) is 0 Å². The highest BCUT2D eigenvalue weighted by molar-refractivity contribution is 6.09. The maximum Gasteiger partial charge on any atom is 0.317 e. The summed E-state index contributed by atoms with van der Waals surface area (Å²) < 4.78 is 5.06. The van der Waals surface area contributed by atoms with Gasteiger partial charge in [0.05, 0.1) is 6.61 Å². The molecule has 1 fully saturated rings. The number of esters is 1. The second-order valence-electron chi connectivity index (χ2n) is 5.36. The van der Waals surface area contributed by atoms with Crippen LogP contribution in [0.5, 0.6) is 0 Å². The van der Waals surface area contributed by atoms with Crippen molar-refractivity contribution in [3.63, 3.8) is 0 Å². The maximum absolute atomic E-state index is 12.7. The molecule has 4 heteroatoms. The first-order chi connectivity index (χ1) is 10.1. The van der Waals surface area contributed by atoms with Crippen LogP contribution in [0.25, 0.3) is 0 Å². The van der Waals surface area contributed by atoms with Gasteiger partial charge < -0.3 is 4.74 Å². The Kier molecular flexibility index (Phi) is 5.26. The second kappa shape index (κ2) is 7.16. The summed E-state index contributed by atoms with van der Waals surface area (Å²) in [5, 5.41) is 0. The van der Waals surface area contributed by atoms with Crippen molar-refractivity contribution in [2.45, 2.75) is 32.6 Å². The van der Waals surface area contributed by atoms with Crippen molar-refractivity contribution in [1.82, 2.24) is 0 Å². The molecule has 0 spiro atoms. The van der Waals surface area contributed by atoms with Crippen molar-refractivity contribution in [1.29, 1.82) is 0 Å². The average molecular weight is 288 g/mol. The molecular formula is C17H20O4. The highest BCUT2D eigenvalue weighted by atomic mass is 16.5. The van der Waals surface area contributed by atoms with E-state index in [2.05, 4.69) is 0 Å². The summed E-state index contributed by atoms with van der Waals surface area (Å²) in [5.74, 6) is -1.73. The molecule has 21 heavy (non-hydrogen) atoms. The maximum atomic E-state index is 12.7. The summed E-state index contributed by atoms with van der Waals surface area (Å²) in [6, 6.07) is 8.74. The minimum absolute atomic E-state index is 0.126. The van der Waals surface area contributed by atoms with E-state index in [1.54, 1.807) is 31.2 Å². The Bertz CT molecular complexity index is 521. The summed E-state index contributed by atoms with van der Waals surface area (Å²) in [6.45, 7) is 1.95. The first kappa shape index (κ1) is 15.4. The number of hydrogen-bond donors (Lipinski definition) is 0. The van der Waals surface area contributed by atoms with Gasteiger partial charge in [-0.3, -0.25) is 14.4 Å². The van der Waals surface area contributed by atoms with Gasteiger partial charge in [-0.2, -0.15) is 0 Å². The zero-order valence-corrected chi connectivity index (χ0v) is 12.2. The van der Waals surface area contributed by atoms with Crippen LogP contribution in [0.4, 0.5) is 0 Å². The Hall–Kier alpha value is -1.97. The van der Waals surface area contributed by atoms with Gasteiger partial charge in [0, 0.05) is 18.4 Å². The lowest BCUT2D eigenvalue weighted by atomic mass is 9.76. The highest BCUT2D eigenvalue weighted by Gasteiger charge is 2.38. The molecule has 0 aromatic heterocycles. The van der Waals surface area contributed by atoms with Crippen LogP contribution >= 0.6 is 0 Å². The number of ether oxygens (including phenoxy) is 1. The fraction of sp³-hybridized carbons (Fsp3) is 0.471. The van der Waals surface area contributed by atoms with Gasteiger partial charge >= 0.3 is 5.97 Å². The molecule has 1 aliphatic carbocycles. The number of hydrogen-bond acceptors (Lipinski definition) is 4. The molecule has 0 amide bonds. The summed E-state index contributed by atoms with van der Waals surface area (Å²) >= 11 is 0. The molecule has 0 bridgehead atoms. The van der Waals surface area contributed by atoms with Gasteiger partial charge in [0.15, 0.2) is 5.78 Å². The first-order valence-corrected chi connectivity index (χ1v) is 7.41. The lowest BCUT2D eigenvalue weighted by molar-refractivity contribution is -0.148. The molecule has 1 unspecified atom stereocenters. The lowest BCUT2D eigenvalue weighted by Gasteiger charge is -2.27. The average Bonchev–Trinajstić information content (AvgIpc) is 2.48. The Morgan fingerprint density at radius 2 is 2.00 bits per heavy atom. The van der Waals surface area contributed by atoms with E-state index in [1.165, 1.54) is 0 Å². The van der Waals surface area contributed by atoms with Crippen molar-refractivity contribution in [3.05, 3.63) is 35.9 Å². The first-order valence-electron chi connectivity index (χ1n) is 7.41. The Morgan fingerprint density at radius 3 is 2.62 bits per heavy atom. The van der Waals surface area contributed by atoms with Crippen molar-refractivity contribution in [2.24, 2.45) is 11.8 Å². The predicted molar refractivity (Wildman–Crippen MR) is 77.9 cm³/mol. The summed E-state index contributed by atoms with van der Waals surface area (Å²) in [6.07, 6.45) is 2.29. The van der Waals surface area contributed by atoms with Crippen LogP contribution in [-0.4, -0.2) is 24.1 Å². The van der Waals surface area contributed by atoms with Gasteiger partial charge in [0.2, 0.25) is 0 Å². The van der Waals surface area contributed by atoms with E-state index < -0.39 is 11.9 Å². The van der Waals surface area contributed by atoms with Gasteiger partial charge in [0.1, 0.15) is 11.7 Å². The molecule has 0 saturated heterocycles. The quantitative estimate of drug-likeness (QED) is 0.475. The van der Waals surface area contributed by atoms with Crippen LogP contribution in [-0.2, 0) is 14.3 Å². The predicted octanol–water partition coefficient (Wildman–Crippen LogP) is 2.81. The standard InChI is InChI=1S/C17H20O4/c1-2-21-17(20)15(13-9-6-10-14(18)11-13)16(19)12-7-4-3-5-8-12/h3-5,7-8,13,15H,2,6,9-11H2,1H3/t13-,15?/m1/s1. The van der Waals surface area contributed by atoms with E-state index in [4.69, 9.17) is 4.74 Å². The van der Waals surface area contributed by atoms with Gasteiger partial charge in [-0.1, -0.05) is 30.3 Å². The topological polar surface area (TPSA) is 60.4 Å². The van der Waals surface area contributed by atoms with Crippen LogP contribution in [0, 0.1) is 11.8 Å². The molecule has 4 nitrogen and oxygen atoms in total. The van der Waals surface area contributed by atoms with Crippen LogP contribution in [0.3, 0.4) is 0 Å². The van der Waals surface area contributed by atoms with E-state index in [0.717, 1.165) is 6.42 Å². The SMILES string of the molecule is CCOC(=O)C(C(=O)c1ccccc1)[C@@H]1CCCC(=O)C1. The molecule has 1 aliphatic rings. The van der Waals surface area contributed by atoms with Crippen LogP contribution < -0.4 is 0 Å². The molecule has 112 valence electrons. The third-order valence-electron chi connectivity index (χ3n) is 3.87. The fourth-order valence-electron chi connectivity index (χ4n) is 2.87. The molecule has 2 atom stereocenters.